The molecule has 18 nitrogen and oxygen atoms in total. The summed E-state index contributed by atoms with van der Waals surface area (Å²) in [6.45, 7) is 24.7. The second kappa shape index (κ2) is 46.8. The van der Waals surface area contributed by atoms with Crippen molar-refractivity contribution in [3.05, 3.63) is 144 Å². The van der Waals surface area contributed by atoms with E-state index in [0.717, 1.165) is 188 Å². The fourth-order valence-electron chi connectivity index (χ4n) is 15.6. The Balaban J connectivity index is 0.000000237. The highest BCUT2D eigenvalue weighted by Crippen LogP contribution is 2.32. The molecule has 8 aliphatic rings. The third kappa shape index (κ3) is 30.7. The Morgan fingerprint density at radius 1 is 0.320 bits per heavy atom. The smallest absolute Gasteiger partial charge is 0.410 e. The lowest BCUT2D eigenvalue weighted by Crippen LogP contribution is -2.50. The summed E-state index contributed by atoms with van der Waals surface area (Å²) in [4.78, 5) is 66.1. The Labute approximate surface area is 614 Å². The van der Waals surface area contributed by atoms with E-state index in [1.165, 1.54) is 103 Å². The van der Waals surface area contributed by atoms with Crippen molar-refractivity contribution in [3.8, 4) is 0 Å². The number of benzene rings is 4. The summed E-state index contributed by atoms with van der Waals surface area (Å²) in [6.07, 6.45) is 20.1. The fraction of sp³-hybridized carbons (Fsp3) is 0.650. The van der Waals surface area contributed by atoms with Gasteiger partial charge in [-0.3, -0.25) is 19.6 Å². The maximum atomic E-state index is 12.2. The summed E-state index contributed by atoms with van der Waals surface area (Å²) in [5.41, 5.74) is 16.3. The van der Waals surface area contributed by atoms with Crippen molar-refractivity contribution in [2.45, 2.75) is 170 Å². The molecule has 4 heterocycles. The molecule has 20 heteroatoms. The van der Waals surface area contributed by atoms with Crippen molar-refractivity contribution in [3.63, 3.8) is 0 Å². The van der Waals surface area contributed by atoms with Gasteiger partial charge in [0.05, 0.1) is 0 Å². The van der Waals surface area contributed by atoms with Gasteiger partial charge in [-0.15, -0.1) is 24.8 Å². The molecule has 0 radical (unpaired) electrons. The van der Waals surface area contributed by atoms with Crippen LogP contribution in [0, 0.1) is 35.5 Å². The van der Waals surface area contributed by atoms with Crippen LogP contribution in [0.15, 0.2) is 121 Å². The average molecular weight is 1430 g/mol. The Kier molecular flexibility index (Phi) is 39.8. The fourth-order valence-corrected chi connectivity index (χ4v) is 15.6. The number of amides is 4. The molecule has 0 spiro atoms. The molecule has 8 atom stereocenters. The van der Waals surface area contributed by atoms with Gasteiger partial charge in [0.15, 0.2) is 0 Å². The minimum Gasteiger partial charge on any atom is -0.445 e. The van der Waals surface area contributed by atoms with Crippen LogP contribution < -0.4 is 11.5 Å². The number of hydrogen-bond acceptors (Lipinski definition) is 14. The maximum absolute atomic E-state index is 12.2. The van der Waals surface area contributed by atoms with Gasteiger partial charge in [0.25, 0.3) is 0 Å². The number of carbonyl (C=O) groups is 4. The van der Waals surface area contributed by atoms with E-state index in [1.54, 1.807) is 0 Å². The molecule has 4 aliphatic heterocycles. The van der Waals surface area contributed by atoms with E-state index in [2.05, 4.69) is 33.4 Å². The largest absolute Gasteiger partial charge is 0.445 e. The first-order valence-electron chi connectivity index (χ1n) is 37.0. The first kappa shape index (κ1) is 85.0. The van der Waals surface area contributed by atoms with Gasteiger partial charge in [0, 0.05) is 143 Å². The number of rotatable bonds is 16. The minimum atomic E-state index is -0.196. The van der Waals surface area contributed by atoms with E-state index in [4.69, 9.17) is 30.4 Å². The van der Waals surface area contributed by atoms with Crippen LogP contribution in [0.4, 0.5) is 19.2 Å². The molecule has 8 fully saturated rings. The number of piperazine rings is 4. The predicted molar refractivity (Wildman–Crippen MR) is 409 cm³/mol. The summed E-state index contributed by atoms with van der Waals surface area (Å²) in [5.74, 6) is 4.93. The number of hydrogen-bond donors (Lipinski definition) is 2. The SMILES string of the molecule is C.C.C[C@@H]1CCC[C@H](CN2CCN(C(=O)OCc3ccccc3)CC2)C1.C[C@H]1CCC[C@@H](CN2CCN(C(=O)OCc3ccccc3)CC2)C1.Cl.Cl.N[C@@H]1CCC[C@H](CN2CCN(C(=O)OCc3ccccc3)CC2)C1.N[C@H]1CCC[C@@H](CN2CCN(C(=O)OCc3ccccc3)CC2)C1. The Morgan fingerprint density at radius 2 is 0.530 bits per heavy atom. The molecule has 4 aliphatic carbocycles. The summed E-state index contributed by atoms with van der Waals surface area (Å²) in [7, 11) is 0. The summed E-state index contributed by atoms with van der Waals surface area (Å²) in [5, 5.41) is 0. The molecular weight excluding hydrogens is 1300 g/mol. The van der Waals surface area contributed by atoms with Crippen LogP contribution in [0.3, 0.4) is 0 Å². The third-order valence-electron chi connectivity index (χ3n) is 21.1. The number of nitrogens with zero attached hydrogens (tertiary/aromatic N) is 8. The molecule has 4 aromatic rings. The molecular formula is C80H128Cl2N10O8. The van der Waals surface area contributed by atoms with Crippen molar-refractivity contribution < 1.29 is 38.1 Å². The minimum absolute atomic E-state index is 0. The molecule has 100 heavy (non-hydrogen) atoms. The van der Waals surface area contributed by atoms with Crippen LogP contribution in [0.2, 0.25) is 0 Å². The Bertz CT molecular complexity index is 2450. The molecule has 4 amide bonds. The number of ether oxygens (including phenoxy) is 4. The first-order valence-corrected chi connectivity index (χ1v) is 37.0. The van der Waals surface area contributed by atoms with Gasteiger partial charge in [-0.25, -0.2) is 19.2 Å². The highest BCUT2D eigenvalue weighted by Gasteiger charge is 2.31. The van der Waals surface area contributed by atoms with E-state index in [9.17, 15) is 19.2 Å². The normalized spacial score (nSPS) is 24.4. The zero-order valence-electron chi connectivity index (χ0n) is 59.3. The molecule has 0 bridgehead atoms. The topological polar surface area (TPSA) is 183 Å². The zero-order valence-corrected chi connectivity index (χ0v) is 60.9. The summed E-state index contributed by atoms with van der Waals surface area (Å²) >= 11 is 0. The van der Waals surface area contributed by atoms with Crippen molar-refractivity contribution in [2.75, 3.05) is 131 Å². The van der Waals surface area contributed by atoms with Crippen molar-refractivity contribution >= 4 is 49.2 Å². The first-order chi connectivity index (χ1) is 46.8. The number of nitrogens with two attached hydrogens (primary N) is 2. The van der Waals surface area contributed by atoms with E-state index in [0.29, 0.717) is 38.5 Å². The molecule has 4 N–H and O–H groups in total. The van der Waals surface area contributed by atoms with Crippen molar-refractivity contribution in [1.29, 1.82) is 0 Å². The predicted octanol–water partition coefficient (Wildman–Crippen LogP) is 14.6. The van der Waals surface area contributed by atoms with Crippen LogP contribution in [-0.2, 0) is 45.4 Å². The molecule has 560 valence electrons. The van der Waals surface area contributed by atoms with Crippen LogP contribution in [0.5, 0.6) is 0 Å². The molecule has 4 saturated carbocycles. The van der Waals surface area contributed by atoms with Gasteiger partial charge >= 0.3 is 24.4 Å². The molecule has 0 aromatic heterocycles. The molecule has 0 unspecified atom stereocenters. The van der Waals surface area contributed by atoms with E-state index in [-0.39, 0.29) is 64.0 Å². The summed E-state index contributed by atoms with van der Waals surface area (Å²) in [6, 6.07) is 40.2. The Hall–Kier alpha value is -5.70. The average Bonchev–Trinajstić information content (AvgIpc) is 0.901. The standard InChI is InChI=1S/2C20H30N2O2.2C19H29N3O2.2CH4.2ClH/c2*1-17-6-5-9-19(14-17)15-21-10-12-22(13-11-21)20(23)24-16-18-7-3-2-4-8-18;2*20-18-8-4-7-17(13-18)14-21-9-11-22(12-10-21)19(23)24-15-16-5-2-1-3-6-16;;;;/h2*2-4,7-8,17,19H,5-6,9-16H2,1H3;2*1-3,5-6,17-18H,4,7-15,20H2;2*1H4;2*1H/t2*17-,19+;2*17-,18+;;;;/m1010..../s1. The maximum Gasteiger partial charge on any atom is 0.410 e. The van der Waals surface area contributed by atoms with Gasteiger partial charge in [-0.1, -0.05) is 189 Å². The van der Waals surface area contributed by atoms with Crippen LogP contribution in [0.1, 0.15) is 154 Å². The second-order valence-corrected chi connectivity index (χ2v) is 29.2. The molecule has 12 rings (SSSR count). The van der Waals surface area contributed by atoms with E-state index in [1.807, 2.05) is 141 Å². The molecule has 4 aromatic carbocycles. The van der Waals surface area contributed by atoms with Crippen molar-refractivity contribution in [1.82, 2.24) is 39.2 Å². The lowest BCUT2D eigenvalue weighted by molar-refractivity contribution is 0.0640. The van der Waals surface area contributed by atoms with Crippen LogP contribution >= 0.6 is 24.8 Å². The van der Waals surface area contributed by atoms with Gasteiger partial charge in [0.1, 0.15) is 26.4 Å². The van der Waals surface area contributed by atoms with Crippen molar-refractivity contribution in [2.24, 2.45) is 47.0 Å². The Morgan fingerprint density at radius 3 is 0.740 bits per heavy atom. The highest BCUT2D eigenvalue weighted by molar-refractivity contribution is 5.85. The number of carbonyl (C=O) groups excluding carboxylic acids is 4. The number of halogens is 2. The highest BCUT2D eigenvalue weighted by atomic mass is 35.5. The van der Waals surface area contributed by atoms with E-state index < -0.39 is 0 Å². The second-order valence-electron chi connectivity index (χ2n) is 29.2. The van der Waals surface area contributed by atoms with Gasteiger partial charge < -0.3 is 50.0 Å². The molecule has 4 saturated heterocycles. The van der Waals surface area contributed by atoms with Crippen LogP contribution in [-0.4, -0.2) is 207 Å². The zero-order chi connectivity index (χ0) is 67.1. The third-order valence-corrected chi connectivity index (χ3v) is 21.1. The van der Waals surface area contributed by atoms with Gasteiger partial charge in [0.2, 0.25) is 0 Å². The lowest BCUT2D eigenvalue weighted by atomic mass is 9.82. The lowest BCUT2D eigenvalue weighted by Gasteiger charge is -2.37. The van der Waals surface area contributed by atoms with Gasteiger partial charge in [-0.05, 0) is 122 Å². The van der Waals surface area contributed by atoms with E-state index >= 15 is 0 Å². The quantitative estimate of drug-likeness (QED) is 0.101. The summed E-state index contributed by atoms with van der Waals surface area (Å²) < 4.78 is 21.7. The van der Waals surface area contributed by atoms with Crippen LogP contribution in [0.25, 0.3) is 0 Å². The van der Waals surface area contributed by atoms with Gasteiger partial charge in [-0.2, -0.15) is 0 Å². The monoisotopic (exact) mass is 1430 g/mol.